The highest BCUT2D eigenvalue weighted by Crippen LogP contribution is 2.24. The van der Waals surface area contributed by atoms with Gasteiger partial charge in [0.15, 0.2) is 6.29 Å². The van der Waals surface area contributed by atoms with Crippen molar-refractivity contribution in [2.45, 2.75) is 6.54 Å². The number of benzene rings is 1. The monoisotopic (exact) mass is 248 g/mol. The van der Waals surface area contributed by atoms with Gasteiger partial charge in [0.25, 0.3) is 5.69 Å². The molecule has 0 aliphatic rings. The lowest BCUT2D eigenvalue weighted by Gasteiger charge is -2.03. The van der Waals surface area contributed by atoms with Gasteiger partial charge in [0, 0.05) is 42.9 Å². The summed E-state index contributed by atoms with van der Waals surface area (Å²) in [5.41, 5.74) is 1.20. The zero-order chi connectivity index (χ0) is 13.1. The molecule has 2 rings (SSSR count). The molecule has 0 spiro atoms. The first-order chi connectivity index (χ1) is 8.67. The summed E-state index contributed by atoms with van der Waals surface area (Å²) < 4.78 is 6.76. The summed E-state index contributed by atoms with van der Waals surface area (Å²) in [5, 5.41) is 11.5. The molecule has 0 amide bonds. The summed E-state index contributed by atoms with van der Waals surface area (Å²) in [5.74, 6) is 0. The van der Waals surface area contributed by atoms with Gasteiger partial charge in [-0.3, -0.25) is 14.9 Å². The first-order valence-electron chi connectivity index (χ1n) is 5.38. The molecule has 0 aliphatic carbocycles. The van der Waals surface area contributed by atoms with Crippen LogP contribution < -0.4 is 0 Å². The molecular weight excluding hydrogens is 236 g/mol. The number of fused-ring (bicyclic) bond motifs is 1. The third-order valence-electron chi connectivity index (χ3n) is 2.77. The highest BCUT2D eigenvalue weighted by Gasteiger charge is 2.12. The largest absolute Gasteiger partial charge is 0.383 e. The molecule has 6 heteroatoms. The van der Waals surface area contributed by atoms with Gasteiger partial charge in [-0.2, -0.15) is 0 Å². The quantitative estimate of drug-likeness (QED) is 0.461. The summed E-state index contributed by atoms with van der Waals surface area (Å²) in [4.78, 5) is 21.2. The van der Waals surface area contributed by atoms with E-state index in [0.717, 1.165) is 6.29 Å². The number of carbonyl (C=O) groups is 1. The first kappa shape index (κ1) is 12.3. The van der Waals surface area contributed by atoms with E-state index >= 15 is 0 Å². The van der Waals surface area contributed by atoms with Crippen LogP contribution in [0.5, 0.6) is 0 Å². The summed E-state index contributed by atoms with van der Waals surface area (Å²) in [6, 6.07) is 4.47. The van der Waals surface area contributed by atoms with E-state index in [4.69, 9.17) is 4.74 Å². The fraction of sp³-hybridized carbons (Fsp3) is 0.250. The number of methoxy groups -OCH3 is 1. The zero-order valence-electron chi connectivity index (χ0n) is 9.83. The maximum atomic E-state index is 10.9. The molecule has 18 heavy (non-hydrogen) atoms. The maximum absolute atomic E-state index is 10.9. The van der Waals surface area contributed by atoms with Gasteiger partial charge in [-0.1, -0.05) is 0 Å². The van der Waals surface area contributed by atoms with Crippen molar-refractivity contribution in [1.29, 1.82) is 0 Å². The Morgan fingerprint density at radius 1 is 1.50 bits per heavy atom. The zero-order valence-corrected chi connectivity index (χ0v) is 9.83. The van der Waals surface area contributed by atoms with Crippen LogP contribution >= 0.6 is 0 Å². The Morgan fingerprint density at radius 3 is 2.89 bits per heavy atom. The number of ether oxygens (including phenoxy) is 1. The van der Waals surface area contributed by atoms with E-state index < -0.39 is 4.92 Å². The minimum absolute atomic E-state index is 0.0108. The summed E-state index contributed by atoms with van der Waals surface area (Å²) >= 11 is 0. The lowest BCUT2D eigenvalue weighted by Crippen LogP contribution is -2.02. The highest BCUT2D eigenvalue weighted by molar-refractivity contribution is 5.98. The van der Waals surface area contributed by atoms with Gasteiger partial charge < -0.3 is 9.30 Å². The van der Waals surface area contributed by atoms with Crippen LogP contribution in [-0.4, -0.2) is 29.5 Å². The van der Waals surface area contributed by atoms with Gasteiger partial charge in [0.2, 0.25) is 0 Å². The number of aldehydes is 1. The molecule has 0 aliphatic heterocycles. The third kappa shape index (κ3) is 2.10. The fourth-order valence-electron chi connectivity index (χ4n) is 1.89. The van der Waals surface area contributed by atoms with Crippen molar-refractivity contribution in [3.05, 3.63) is 40.1 Å². The molecule has 0 radical (unpaired) electrons. The number of nitro groups is 1. The van der Waals surface area contributed by atoms with Crippen LogP contribution in [-0.2, 0) is 11.3 Å². The van der Waals surface area contributed by atoms with Crippen molar-refractivity contribution in [1.82, 2.24) is 4.57 Å². The van der Waals surface area contributed by atoms with E-state index in [0.29, 0.717) is 29.6 Å². The van der Waals surface area contributed by atoms with Crippen LogP contribution in [0.3, 0.4) is 0 Å². The average molecular weight is 248 g/mol. The average Bonchev–Trinajstić information content (AvgIpc) is 2.73. The van der Waals surface area contributed by atoms with E-state index in [1.54, 1.807) is 23.9 Å². The predicted octanol–water partition coefficient (Wildman–Crippen LogP) is 2.01. The Morgan fingerprint density at radius 2 is 2.28 bits per heavy atom. The molecular formula is C12H12N2O4. The molecule has 1 aromatic heterocycles. The lowest BCUT2D eigenvalue weighted by molar-refractivity contribution is -0.384. The van der Waals surface area contributed by atoms with Crippen LogP contribution in [0.25, 0.3) is 10.9 Å². The van der Waals surface area contributed by atoms with Crippen molar-refractivity contribution in [3.63, 3.8) is 0 Å². The van der Waals surface area contributed by atoms with Crippen LogP contribution in [0, 0.1) is 10.1 Å². The highest BCUT2D eigenvalue weighted by atomic mass is 16.6. The van der Waals surface area contributed by atoms with E-state index in [2.05, 4.69) is 0 Å². The molecule has 0 atom stereocenters. The SMILES string of the molecule is COCCn1cc(C=O)c2ccc([N+](=O)[O-])cc21. The van der Waals surface area contributed by atoms with Crippen molar-refractivity contribution in [2.75, 3.05) is 13.7 Å². The van der Waals surface area contributed by atoms with Gasteiger partial charge in [-0.15, -0.1) is 0 Å². The number of nitro benzene ring substituents is 1. The van der Waals surface area contributed by atoms with Gasteiger partial charge in [-0.05, 0) is 6.07 Å². The molecule has 94 valence electrons. The number of carbonyl (C=O) groups excluding carboxylic acids is 1. The second-order valence-corrected chi connectivity index (χ2v) is 3.85. The Labute approximate surface area is 103 Å². The topological polar surface area (TPSA) is 74.4 Å². The van der Waals surface area contributed by atoms with E-state index in [9.17, 15) is 14.9 Å². The minimum atomic E-state index is -0.451. The second-order valence-electron chi connectivity index (χ2n) is 3.85. The smallest absolute Gasteiger partial charge is 0.271 e. The van der Waals surface area contributed by atoms with Crippen molar-refractivity contribution in [2.24, 2.45) is 0 Å². The first-order valence-corrected chi connectivity index (χ1v) is 5.38. The van der Waals surface area contributed by atoms with Crippen LogP contribution in [0.4, 0.5) is 5.69 Å². The van der Waals surface area contributed by atoms with Crippen LogP contribution in [0.15, 0.2) is 24.4 Å². The normalized spacial score (nSPS) is 10.7. The molecule has 0 N–H and O–H groups in total. The Kier molecular flexibility index (Phi) is 3.38. The van der Waals surface area contributed by atoms with Crippen molar-refractivity contribution >= 4 is 22.9 Å². The third-order valence-corrected chi connectivity index (χ3v) is 2.77. The molecule has 1 heterocycles. The standard InChI is InChI=1S/C12H12N2O4/c1-18-5-4-13-7-9(8-15)11-3-2-10(14(16)17)6-12(11)13/h2-3,6-8H,4-5H2,1H3. The molecule has 1 aromatic carbocycles. The summed E-state index contributed by atoms with van der Waals surface area (Å²) in [6.07, 6.45) is 2.43. The Bertz CT molecular complexity index is 603. The Balaban J connectivity index is 2.57. The molecule has 2 aromatic rings. The number of non-ortho nitro benzene ring substituents is 1. The molecule has 0 saturated carbocycles. The number of rotatable bonds is 5. The number of hydrogen-bond donors (Lipinski definition) is 0. The number of nitrogens with zero attached hydrogens (tertiary/aromatic N) is 2. The summed E-state index contributed by atoms with van der Waals surface area (Å²) in [7, 11) is 1.58. The molecule has 0 unspecified atom stereocenters. The maximum Gasteiger partial charge on any atom is 0.271 e. The fourth-order valence-corrected chi connectivity index (χ4v) is 1.89. The van der Waals surface area contributed by atoms with Crippen LogP contribution in [0.2, 0.25) is 0 Å². The second kappa shape index (κ2) is 4.97. The molecule has 0 bridgehead atoms. The molecule has 6 nitrogen and oxygen atoms in total. The van der Waals surface area contributed by atoms with Crippen molar-refractivity contribution in [3.8, 4) is 0 Å². The summed E-state index contributed by atoms with van der Waals surface area (Å²) in [6.45, 7) is 1.02. The van der Waals surface area contributed by atoms with Gasteiger partial charge in [-0.25, -0.2) is 0 Å². The Hall–Kier alpha value is -2.21. The molecule has 0 saturated heterocycles. The number of hydrogen-bond acceptors (Lipinski definition) is 4. The van der Waals surface area contributed by atoms with E-state index in [-0.39, 0.29) is 5.69 Å². The number of aromatic nitrogens is 1. The minimum Gasteiger partial charge on any atom is -0.383 e. The van der Waals surface area contributed by atoms with Gasteiger partial charge in [0.05, 0.1) is 17.0 Å². The van der Waals surface area contributed by atoms with Gasteiger partial charge >= 0.3 is 0 Å². The van der Waals surface area contributed by atoms with Crippen molar-refractivity contribution < 1.29 is 14.5 Å². The van der Waals surface area contributed by atoms with E-state index in [1.165, 1.54) is 12.1 Å². The predicted molar refractivity (Wildman–Crippen MR) is 65.9 cm³/mol. The van der Waals surface area contributed by atoms with Crippen LogP contribution in [0.1, 0.15) is 10.4 Å². The van der Waals surface area contributed by atoms with Gasteiger partial charge in [0.1, 0.15) is 0 Å². The van der Waals surface area contributed by atoms with E-state index in [1.807, 2.05) is 0 Å². The molecule has 0 fully saturated rings. The lowest BCUT2D eigenvalue weighted by atomic mass is 10.2.